The van der Waals surface area contributed by atoms with E-state index < -0.39 is 29.6 Å². The molecule has 5 rings (SSSR count). The van der Waals surface area contributed by atoms with E-state index >= 15 is 0 Å². The van der Waals surface area contributed by atoms with Crippen LogP contribution in [0.5, 0.6) is 0 Å². The molecule has 3 atom stereocenters. The highest BCUT2D eigenvalue weighted by atomic mass is 19.4. The van der Waals surface area contributed by atoms with Crippen molar-refractivity contribution < 1.29 is 22.7 Å². The standard InChI is InChI=1S/C29H26F4N6O2/c1-17-14-39(28(18-3-6-20(30)7-4-18)23-9-5-19(13-35-23)29(31,32)33)22(16-40)15-38(17)25-11-26(41)37(2)24-10-8-21(12-34)36-27(24)25/h3-11,13,17,22,28,40H,14-16H2,1-2H3/t17-,22-,28?/m0/s1. The van der Waals surface area contributed by atoms with Crippen LogP contribution in [0.25, 0.3) is 11.0 Å². The summed E-state index contributed by atoms with van der Waals surface area (Å²) < 4.78 is 55.0. The zero-order chi connectivity index (χ0) is 29.5. The number of fused-ring (bicyclic) bond motifs is 1. The van der Waals surface area contributed by atoms with Gasteiger partial charge in [0.15, 0.2) is 0 Å². The van der Waals surface area contributed by atoms with Gasteiger partial charge in [0.2, 0.25) is 0 Å². The number of benzene rings is 1. The lowest BCUT2D eigenvalue weighted by atomic mass is 9.95. The number of halogens is 4. The van der Waals surface area contributed by atoms with Gasteiger partial charge in [-0.1, -0.05) is 12.1 Å². The molecular formula is C29H26F4N6O2. The fraction of sp³-hybridized carbons (Fsp3) is 0.310. The maximum Gasteiger partial charge on any atom is 0.417 e. The molecule has 0 bridgehead atoms. The van der Waals surface area contributed by atoms with Crippen molar-refractivity contribution in [2.45, 2.75) is 31.2 Å². The Morgan fingerprint density at radius 2 is 1.85 bits per heavy atom. The van der Waals surface area contributed by atoms with Crippen LogP contribution >= 0.6 is 0 Å². The van der Waals surface area contributed by atoms with Gasteiger partial charge in [0.1, 0.15) is 23.1 Å². The maximum atomic E-state index is 13.8. The van der Waals surface area contributed by atoms with Crippen LogP contribution in [0, 0.1) is 17.1 Å². The van der Waals surface area contributed by atoms with Crippen molar-refractivity contribution in [3.8, 4) is 6.07 Å². The Bertz CT molecular complexity index is 1670. The maximum absolute atomic E-state index is 13.8. The van der Waals surface area contributed by atoms with Crippen molar-refractivity contribution in [1.29, 1.82) is 5.26 Å². The van der Waals surface area contributed by atoms with E-state index in [2.05, 4.69) is 9.97 Å². The Hall–Kier alpha value is -4.34. The number of nitriles is 1. The number of aliphatic hydroxyl groups excluding tert-OH is 1. The fourth-order valence-corrected chi connectivity index (χ4v) is 5.38. The summed E-state index contributed by atoms with van der Waals surface area (Å²) in [6.45, 7) is 2.14. The Balaban J connectivity index is 1.57. The molecule has 212 valence electrons. The molecular weight excluding hydrogens is 540 g/mol. The van der Waals surface area contributed by atoms with Crippen molar-refractivity contribution in [3.63, 3.8) is 0 Å². The smallest absolute Gasteiger partial charge is 0.395 e. The van der Waals surface area contributed by atoms with E-state index in [1.165, 1.54) is 34.9 Å². The second-order valence-electron chi connectivity index (χ2n) is 10.1. The Morgan fingerprint density at radius 1 is 1.12 bits per heavy atom. The highest BCUT2D eigenvalue weighted by Gasteiger charge is 2.39. The Kier molecular flexibility index (Phi) is 7.50. The molecule has 1 unspecified atom stereocenters. The summed E-state index contributed by atoms with van der Waals surface area (Å²) in [6, 6.07) is 13.0. The van der Waals surface area contributed by atoms with Gasteiger partial charge in [-0.25, -0.2) is 9.37 Å². The Morgan fingerprint density at radius 3 is 2.46 bits per heavy atom. The van der Waals surface area contributed by atoms with Crippen molar-refractivity contribution in [2.75, 3.05) is 24.6 Å². The number of nitrogens with zero attached hydrogens (tertiary/aromatic N) is 6. The molecule has 4 aromatic rings. The summed E-state index contributed by atoms with van der Waals surface area (Å²) in [7, 11) is 1.62. The topological polar surface area (TPSA) is 98.3 Å². The summed E-state index contributed by atoms with van der Waals surface area (Å²) >= 11 is 0. The summed E-state index contributed by atoms with van der Waals surface area (Å²) in [5.41, 5.74) is 1.44. The first-order valence-corrected chi connectivity index (χ1v) is 12.8. The number of anilines is 1. The molecule has 3 aromatic heterocycles. The van der Waals surface area contributed by atoms with Crippen molar-refractivity contribution in [3.05, 3.63) is 99.5 Å². The number of aliphatic hydroxyl groups is 1. The zero-order valence-electron chi connectivity index (χ0n) is 22.2. The predicted octanol–water partition coefficient (Wildman–Crippen LogP) is 4.02. The van der Waals surface area contributed by atoms with Crippen molar-refractivity contribution in [2.24, 2.45) is 7.05 Å². The summed E-state index contributed by atoms with van der Waals surface area (Å²) in [4.78, 5) is 25.3. The molecule has 0 aliphatic carbocycles. The van der Waals surface area contributed by atoms with E-state index in [4.69, 9.17) is 0 Å². The molecule has 12 heteroatoms. The van der Waals surface area contributed by atoms with Crippen LogP contribution in [0.15, 0.2) is 65.6 Å². The highest BCUT2D eigenvalue weighted by Crippen LogP contribution is 2.36. The van der Waals surface area contributed by atoms with Crippen molar-refractivity contribution in [1.82, 2.24) is 19.4 Å². The van der Waals surface area contributed by atoms with E-state index in [-0.39, 0.29) is 30.4 Å². The van der Waals surface area contributed by atoms with Gasteiger partial charge in [0.25, 0.3) is 5.56 Å². The lowest BCUT2D eigenvalue weighted by Gasteiger charge is -2.48. The van der Waals surface area contributed by atoms with E-state index in [9.17, 15) is 32.7 Å². The second kappa shape index (κ2) is 10.9. The van der Waals surface area contributed by atoms with Gasteiger partial charge >= 0.3 is 6.18 Å². The molecule has 41 heavy (non-hydrogen) atoms. The third-order valence-corrected chi connectivity index (χ3v) is 7.50. The van der Waals surface area contributed by atoms with E-state index in [1.54, 1.807) is 25.2 Å². The molecule has 0 saturated carbocycles. The number of piperazine rings is 1. The van der Waals surface area contributed by atoms with Crippen LogP contribution in [0.2, 0.25) is 0 Å². The van der Waals surface area contributed by atoms with Crippen LogP contribution in [-0.4, -0.2) is 56.3 Å². The molecule has 1 fully saturated rings. The molecule has 1 aromatic carbocycles. The molecule has 0 amide bonds. The minimum Gasteiger partial charge on any atom is -0.395 e. The SMILES string of the molecule is C[C@H]1CN(C(c2ccc(F)cc2)c2ccc(C(F)(F)F)cn2)[C@H](CO)CN1c1cc(=O)n(C)c2ccc(C#N)nc12. The van der Waals surface area contributed by atoms with Gasteiger partial charge < -0.3 is 14.6 Å². The quantitative estimate of drug-likeness (QED) is 0.365. The normalized spacial score (nSPS) is 18.8. The average molecular weight is 567 g/mol. The van der Waals surface area contributed by atoms with Gasteiger partial charge in [-0.05, 0) is 48.9 Å². The minimum atomic E-state index is -4.56. The lowest BCUT2D eigenvalue weighted by Crippen LogP contribution is -2.60. The number of hydrogen-bond acceptors (Lipinski definition) is 7. The molecule has 8 nitrogen and oxygen atoms in total. The molecule has 0 radical (unpaired) electrons. The van der Waals surface area contributed by atoms with Crippen LogP contribution in [0.3, 0.4) is 0 Å². The van der Waals surface area contributed by atoms with E-state index in [0.717, 1.165) is 12.3 Å². The number of hydrogen-bond donors (Lipinski definition) is 1. The number of pyridine rings is 3. The molecule has 1 N–H and O–H groups in total. The first-order chi connectivity index (χ1) is 19.5. The third kappa shape index (κ3) is 5.38. The summed E-state index contributed by atoms with van der Waals surface area (Å²) in [6.07, 6.45) is -3.79. The Labute approximate surface area is 232 Å². The lowest BCUT2D eigenvalue weighted by molar-refractivity contribution is -0.137. The minimum absolute atomic E-state index is 0.187. The summed E-state index contributed by atoms with van der Waals surface area (Å²) in [5, 5.41) is 19.9. The largest absolute Gasteiger partial charge is 0.417 e. The number of aromatic nitrogens is 3. The second-order valence-corrected chi connectivity index (χ2v) is 10.1. The number of alkyl halides is 3. The van der Waals surface area contributed by atoms with Gasteiger partial charge in [-0.2, -0.15) is 18.4 Å². The first-order valence-electron chi connectivity index (χ1n) is 12.8. The predicted molar refractivity (Wildman–Crippen MR) is 144 cm³/mol. The van der Waals surface area contributed by atoms with Crippen LogP contribution in [0.4, 0.5) is 23.2 Å². The van der Waals surface area contributed by atoms with Gasteiger partial charge in [0, 0.05) is 38.4 Å². The first kappa shape index (κ1) is 28.2. The molecule has 1 aliphatic heterocycles. The zero-order valence-corrected chi connectivity index (χ0v) is 22.2. The number of aryl methyl sites for hydroxylation is 1. The fourth-order valence-electron chi connectivity index (χ4n) is 5.38. The monoisotopic (exact) mass is 566 g/mol. The van der Waals surface area contributed by atoms with Gasteiger partial charge in [-0.3, -0.25) is 14.7 Å². The number of rotatable bonds is 5. The van der Waals surface area contributed by atoms with Crippen molar-refractivity contribution >= 4 is 16.7 Å². The summed E-state index contributed by atoms with van der Waals surface area (Å²) in [5.74, 6) is -0.466. The van der Waals surface area contributed by atoms with E-state index in [0.29, 0.717) is 34.5 Å². The van der Waals surface area contributed by atoms with Gasteiger partial charge in [0.05, 0.1) is 41.2 Å². The average Bonchev–Trinajstić information content (AvgIpc) is 2.96. The van der Waals surface area contributed by atoms with Crippen LogP contribution < -0.4 is 10.5 Å². The molecule has 1 saturated heterocycles. The van der Waals surface area contributed by atoms with Crippen LogP contribution in [0.1, 0.15) is 35.5 Å². The van der Waals surface area contributed by atoms with Crippen LogP contribution in [-0.2, 0) is 13.2 Å². The molecule has 0 spiro atoms. The molecule has 4 heterocycles. The van der Waals surface area contributed by atoms with E-state index in [1.807, 2.05) is 22.8 Å². The highest BCUT2D eigenvalue weighted by molar-refractivity contribution is 5.89. The third-order valence-electron chi connectivity index (χ3n) is 7.50. The van der Waals surface area contributed by atoms with Gasteiger partial charge in [-0.15, -0.1) is 0 Å². The molecule has 1 aliphatic rings.